The summed E-state index contributed by atoms with van der Waals surface area (Å²) in [6.07, 6.45) is 2.54. The Morgan fingerprint density at radius 2 is 1.85 bits per heavy atom. The van der Waals surface area contributed by atoms with Crippen molar-refractivity contribution in [2.24, 2.45) is 5.92 Å². The molecule has 1 heterocycles. The van der Waals surface area contributed by atoms with Crippen molar-refractivity contribution < 1.29 is 9.53 Å². The number of nitrogens with zero attached hydrogens (tertiary/aromatic N) is 1. The molecule has 2 aromatic rings. The van der Waals surface area contributed by atoms with Crippen LogP contribution in [0.5, 0.6) is 5.75 Å². The zero-order valence-corrected chi connectivity index (χ0v) is 16.9. The quantitative estimate of drug-likeness (QED) is 0.712. The van der Waals surface area contributed by atoms with Crippen LogP contribution in [0.1, 0.15) is 25.3 Å². The first-order chi connectivity index (χ1) is 13.0. The molecule has 0 unspecified atom stereocenters. The molecule has 1 N–H and O–H groups in total. The number of hydrogen-bond acceptors (Lipinski definition) is 3. The lowest BCUT2D eigenvalue weighted by Crippen LogP contribution is -2.32. The molecule has 144 valence electrons. The van der Waals surface area contributed by atoms with E-state index in [-0.39, 0.29) is 12.5 Å². The lowest BCUT2D eigenvalue weighted by atomic mass is 9.99. The number of nitrogens with one attached hydrogen (secondary N) is 1. The first-order valence-electron chi connectivity index (χ1n) is 9.18. The third-order valence-electron chi connectivity index (χ3n) is 4.77. The van der Waals surface area contributed by atoms with Gasteiger partial charge < -0.3 is 10.1 Å². The molecule has 27 heavy (non-hydrogen) atoms. The van der Waals surface area contributed by atoms with Crippen LogP contribution < -0.4 is 10.1 Å². The second-order valence-electron chi connectivity index (χ2n) is 7.07. The molecule has 0 spiro atoms. The molecule has 0 aromatic heterocycles. The van der Waals surface area contributed by atoms with Gasteiger partial charge in [0, 0.05) is 17.3 Å². The lowest BCUT2D eigenvalue weighted by molar-refractivity contribution is -0.118. The molecule has 0 saturated carbocycles. The molecule has 1 saturated heterocycles. The van der Waals surface area contributed by atoms with E-state index in [4.69, 9.17) is 27.9 Å². The first-order valence-corrected chi connectivity index (χ1v) is 9.94. The van der Waals surface area contributed by atoms with E-state index >= 15 is 0 Å². The zero-order chi connectivity index (χ0) is 19.2. The van der Waals surface area contributed by atoms with Crippen LogP contribution in [0.25, 0.3) is 0 Å². The van der Waals surface area contributed by atoms with Crippen molar-refractivity contribution in [3.63, 3.8) is 0 Å². The molecule has 4 nitrogen and oxygen atoms in total. The van der Waals surface area contributed by atoms with Crippen LogP contribution >= 0.6 is 23.2 Å². The molecule has 1 aliphatic heterocycles. The Kier molecular flexibility index (Phi) is 7.00. The molecule has 6 heteroatoms. The Morgan fingerprint density at radius 3 is 2.52 bits per heavy atom. The van der Waals surface area contributed by atoms with Gasteiger partial charge in [0.25, 0.3) is 5.91 Å². The Bertz CT molecular complexity index is 772. The van der Waals surface area contributed by atoms with Crippen molar-refractivity contribution in [2.75, 3.05) is 25.0 Å². The summed E-state index contributed by atoms with van der Waals surface area (Å²) >= 11 is 11.9. The van der Waals surface area contributed by atoms with E-state index in [0.29, 0.717) is 15.8 Å². The summed E-state index contributed by atoms with van der Waals surface area (Å²) in [6.45, 7) is 5.47. The van der Waals surface area contributed by atoms with Crippen LogP contribution in [0.2, 0.25) is 10.0 Å². The third-order valence-corrected chi connectivity index (χ3v) is 5.30. The molecule has 1 fully saturated rings. The standard InChI is InChI=1S/C21H24Cl2N2O2/c1-15-8-10-25(11-9-15)13-16-2-5-18(6-3-16)24-21(26)14-27-20-7-4-17(22)12-19(20)23/h2-7,12,15H,8-11,13-14H2,1H3,(H,24,26). The Morgan fingerprint density at radius 1 is 1.15 bits per heavy atom. The molecule has 0 aliphatic carbocycles. The normalized spacial score (nSPS) is 15.5. The van der Waals surface area contributed by atoms with Gasteiger partial charge in [-0.1, -0.05) is 42.3 Å². The van der Waals surface area contributed by atoms with Crippen molar-refractivity contribution in [3.05, 3.63) is 58.1 Å². The number of ether oxygens (including phenoxy) is 1. The van der Waals surface area contributed by atoms with Gasteiger partial charge in [0.1, 0.15) is 5.75 Å². The average molecular weight is 407 g/mol. The van der Waals surface area contributed by atoms with Gasteiger partial charge in [0.05, 0.1) is 5.02 Å². The van der Waals surface area contributed by atoms with Gasteiger partial charge in [-0.2, -0.15) is 0 Å². The number of benzene rings is 2. The fourth-order valence-electron chi connectivity index (χ4n) is 3.10. The minimum atomic E-state index is -0.237. The van der Waals surface area contributed by atoms with Crippen LogP contribution in [0.3, 0.4) is 0 Å². The second-order valence-corrected chi connectivity index (χ2v) is 7.91. The monoisotopic (exact) mass is 406 g/mol. The summed E-state index contributed by atoms with van der Waals surface area (Å²) in [6, 6.07) is 12.9. The van der Waals surface area contributed by atoms with E-state index in [1.54, 1.807) is 18.2 Å². The largest absolute Gasteiger partial charge is 0.482 e. The van der Waals surface area contributed by atoms with Crippen LogP contribution in [-0.2, 0) is 11.3 Å². The number of carbonyl (C=O) groups excluding carboxylic acids is 1. The van der Waals surface area contributed by atoms with Gasteiger partial charge in [-0.15, -0.1) is 0 Å². The highest BCUT2D eigenvalue weighted by Gasteiger charge is 2.15. The molecule has 0 atom stereocenters. The number of piperidine rings is 1. The van der Waals surface area contributed by atoms with Gasteiger partial charge in [-0.25, -0.2) is 0 Å². The van der Waals surface area contributed by atoms with Crippen LogP contribution in [0.4, 0.5) is 5.69 Å². The van der Waals surface area contributed by atoms with Gasteiger partial charge in [0.2, 0.25) is 0 Å². The molecule has 1 aliphatic rings. The van der Waals surface area contributed by atoms with Crippen molar-refractivity contribution in [1.82, 2.24) is 4.90 Å². The number of anilines is 1. The van der Waals surface area contributed by atoms with Crippen molar-refractivity contribution >= 4 is 34.8 Å². The molecular weight excluding hydrogens is 383 g/mol. The van der Waals surface area contributed by atoms with Gasteiger partial charge >= 0.3 is 0 Å². The van der Waals surface area contributed by atoms with Crippen molar-refractivity contribution in [1.29, 1.82) is 0 Å². The minimum Gasteiger partial charge on any atom is -0.482 e. The number of likely N-dealkylation sites (tertiary alicyclic amines) is 1. The highest BCUT2D eigenvalue weighted by molar-refractivity contribution is 6.35. The highest BCUT2D eigenvalue weighted by Crippen LogP contribution is 2.27. The molecule has 0 radical (unpaired) electrons. The predicted octanol–water partition coefficient (Wildman–Crippen LogP) is 5.24. The number of hydrogen-bond donors (Lipinski definition) is 1. The van der Waals surface area contributed by atoms with E-state index in [1.807, 2.05) is 12.1 Å². The minimum absolute atomic E-state index is 0.116. The Hall–Kier alpha value is -1.75. The summed E-state index contributed by atoms with van der Waals surface area (Å²) in [5.41, 5.74) is 2.01. The molecule has 0 bridgehead atoms. The fourth-order valence-corrected chi connectivity index (χ4v) is 3.57. The van der Waals surface area contributed by atoms with Crippen molar-refractivity contribution in [3.8, 4) is 5.75 Å². The first kappa shape index (κ1) is 20.0. The number of amides is 1. The summed E-state index contributed by atoms with van der Waals surface area (Å²) < 4.78 is 5.45. The Balaban J connectivity index is 1.46. The van der Waals surface area contributed by atoms with Gasteiger partial charge in [-0.05, 0) is 67.7 Å². The molecular formula is C21H24Cl2N2O2. The number of halogens is 2. The maximum atomic E-state index is 12.1. The van der Waals surface area contributed by atoms with E-state index in [0.717, 1.165) is 31.2 Å². The van der Waals surface area contributed by atoms with Crippen LogP contribution in [0, 0.1) is 5.92 Å². The third kappa shape index (κ3) is 6.13. The van der Waals surface area contributed by atoms with E-state index in [1.165, 1.54) is 18.4 Å². The van der Waals surface area contributed by atoms with Gasteiger partial charge in [0.15, 0.2) is 6.61 Å². The molecule has 3 rings (SSSR count). The van der Waals surface area contributed by atoms with Crippen molar-refractivity contribution in [2.45, 2.75) is 26.3 Å². The van der Waals surface area contributed by atoms with Crippen LogP contribution in [-0.4, -0.2) is 30.5 Å². The second kappa shape index (κ2) is 9.45. The van der Waals surface area contributed by atoms with Crippen LogP contribution in [0.15, 0.2) is 42.5 Å². The highest BCUT2D eigenvalue weighted by atomic mass is 35.5. The number of carbonyl (C=O) groups is 1. The van der Waals surface area contributed by atoms with Gasteiger partial charge in [-0.3, -0.25) is 9.69 Å². The summed E-state index contributed by atoms with van der Waals surface area (Å²) in [5.74, 6) is 1.03. The maximum absolute atomic E-state index is 12.1. The zero-order valence-electron chi connectivity index (χ0n) is 15.4. The summed E-state index contributed by atoms with van der Waals surface area (Å²) in [4.78, 5) is 14.6. The topological polar surface area (TPSA) is 41.6 Å². The summed E-state index contributed by atoms with van der Waals surface area (Å²) in [5, 5.41) is 3.74. The predicted molar refractivity (Wildman–Crippen MR) is 111 cm³/mol. The van der Waals surface area contributed by atoms with E-state index < -0.39 is 0 Å². The summed E-state index contributed by atoms with van der Waals surface area (Å²) in [7, 11) is 0. The van der Waals surface area contributed by atoms with E-state index in [2.05, 4.69) is 29.3 Å². The van der Waals surface area contributed by atoms with E-state index in [9.17, 15) is 4.79 Å². The molecule has 2 aromatic carbocycles. The number of rotatable bonds is 6. The molecule has 1 amide bonds. The fraction of sp³-hybridized carbons (Fsp3) is 0.381. The Labute approximate surface area is 170 Å². The lowest BCUT2D eigenvalue weighted by Gasteiger charge is -2.30. The SMILES string of the molecule is CC1CCN(Cc2ccc(NC(=O)COc3ccc(Cl)cc3Cl)cc2)CC1. The smallest absolute Gasteiger partial charge is 0.262 e. The average Bonchev–Trinajstić information content (AvgIpc) is 2.64. The maximum Gasteiger partial charge on any atom is 0.262 e.